The lowest BCUT2D eigenvalue weighted by Gasteiger charge is -2.07. The number of benzene rings is 2. The predicted octanol–water partition coefficient (Wildman–Crippen LogP) is 3.43. The van der Waals surface area contributed by atoms with Crippen LogP contribution in [-0.4, -0.2) is 10.8 Å². The minimum Gasteiger partial charge on any atom is -0.322 e. The van der Waals surface area contributed by atoms with Crippen LogP contribution in [0.2, 0.25) is 0 Å². The van der Waals surface area contributed by atoms with Crippen molar-refractivity contribution in [3.05, 3.63) is 69.3 Å². The number of nitrogens with one attached hydrogen (secondary N) is 1. The van der Waals surface area contributed by atoms with Crippen molar-refractivity contribution >= 4 is 17.3 Å². The van der Waals surface area contributed by atoms with E-state index in [1.54, 1.807) is 6.92 Å². The smallest absolute Gasteiger partial charge is 0.274 e. The maximum absolute atomic E-state index is 13.5. The summed E-state index contributed by atoms with van der Waals surface area (Å²) in [7, 11) is 0. The molecule has 0 radical (unpaired) electrons. The Kier molecular flexibility index (Phi) is 3.93. The molecular weight excluding hydrogens is 282 g/mol. The Morgan fingerprint density at radius 2 is 1.95 bits per heavy atom. The molecule has 5 nitrogen and oxygen atoms in total. The first kappa shape index (κ1) is 14.6. The molecule has 0 saturated heterocycles. The summed E-state index contributed by atoms with van der Waals surface area (Å²) in [6.45, 7) is 1.55. The minimum atomic E-state index is -1.27. The molecule has 1 N–H and O–H groups in total. The van der Waals surface area contributed by atoms with Crippen molar-refractivity contribution in [2.24, 2.45) is 0 Å². The Hall–Kier alpha value is -2.83. The van der Waals surface area contributed by atoms with E-state index in [2.05, 4.69) is 5.32 Å². The fraction of sp³-hybridized carbons (Fsp3) is 0.0714. The largest absolute Gasteiger partial charge is 0.322 e. The van der Waals surface area contributed by atoms with Crippen LogP contribution in [0.3, 0.4) is 0 Å². The zero-order valence-electron chi connectivity index (χ0n) is 10.9. The van der Waals surface area contributed by atoms with Crippen LogP contribution in [-0.2, 0) is 0 Å². The van der Waals surface area contributed by atoms with Gasteiger partial charge in [-0.05, 0) is 25.1 Å². The molecule has 108 valence electrons. The standard InChI is InChI=1S/C14H10F2N2O3/c1-8-5-6-9(7-12(8)18(20)21)17-14(19)10-3-2-4-11(15)13(10)16/h2-7H,1H3,(H,17,19). The highest BCUT2D eigenvalue weighted by Gasteiger charge is 2.17. The third-order valence-corrected chi connectivity index (χ3v) is 2.86. The van der Waals surface area contributed by atoms with Gasteiger partial charge in [0.1, 0.15) is 0 Å². The monoisotopic (exact) mass is 292 g/mol. The van der Waals surface area contributed by atoms with Gasteiger partial charge in [-0.15, -0.1) is 0 Å². The molecular formula is C14H10F2N2O3. The first-order valence-electron chi connectivity index (χ1n) is 5.90. The Labute approximate surface area is 118 Å². The van der Waals surface area contributed by atoms with Crippen LogP contribution in [0.4, 0.5) is 20.2 Å². The number of halogens is 2. The number of amides is 1. The number of hydrogen-bond donors (Lipinski definition) is 1. The molecule has 0 unspecified atom stereocenters. The van der Waals surface area contributed by atoms with Gasteiger partial charge in [-0.3, -0.25) is 14.9 Å². The van der Waals surface area contributed by atoms with Gasteiger partial charge in [-0.25, -0.2) is 8.78 Å². The molecule has 2 aromatic rings. The molecule has 0 heterocycles. The molecule has 0 spiro atoms. The van der Waals surface area contributed by atoms with Crippen molar-refractivity contribution < 1.29 is 18.5 Å². The van der Waals surface area contributed by atoms with E-state index in [1.165, 1.54) is 18.2 Å². The van der Waals surface area contributed by atoms with Crippen LogP contribution in [0.5, 0.6) is 0 Å². The summed E-state index contributed by atoms with van der Waals surface area (Å²) in [5.41, 5.74) is -0.0957. The molecule has 0 fully saturated rings. The highest BCUT2D eigenvalue weighted by atomic mass is 19.2. The van der Waals surface area contributed by atoms with E-state index in [0.717, 1.165) is 18.2 Å². The fourth-order valence-corrected chi connectivity index (χ4v) is 1.76. The van der Waals surface area contributed by atoms with Crippen molar-refractivity contribution in [3.8, 4) is 0 Å². The predicted molar refractivity (Wildman–Crippen MR) is 72.1 cm³/mol. The molecule has 0 aliphatic heterocycles. The number of anilines is 1. The summed E-state index contributed by atoms with van der Waals surface area (Å²) >= 11 is 0. The number of aryl methyl sites for hydroxylation is 1. The highest BCUT2D eigenvalue weighted by molar-refractivity contribution is 6.04. The molecule has 7 heteroatoms. The van der Waals surface area contributed by atoms with E-state index in [1.807, 2.05) is 0 Å². The van der Waals surface area contributed by atoms with Crippen LogP contribution >= 0.6 is 0 Å². The Morgan fingerprint density at radius 1 is 1.24 bits per heavy atom. The number of nitro benzene ring substituents is 1. The second kappa shape index (κ2) is 5.66. The Morgan fingerprint density at radius 3 is 2.62 bits per heavy atom. The number of carbonyl (C=O) groups excluding carboxylic acids is 1. The summed E-state index contributed by atoms with van der Waals surface area (Å²) < 4.78 is 26.5. The first-order valence-corrected chi connectivity index (χ1v) is 5.90. The highest BCUT2D eigenvalue weighted by Crippen LogP contribution is 2.23. The van der Waals surface area contributed by atoms with Gasteiger partial charge in [0.05, 0.1) is 10.5 Å². The zero-order chi connectivity index (χ0) is 15.6. The molecule has 0 aliphatic rings. The number of nitro groups is 1. The minimum absolute atomic E-state index is 0.126. The molecule has 21 heavy (non-hydrogen) atoms. The zero-order valence-corrected chi connectivity index (χ0v) is 10.9. The third-order valence-electron chi connectivity index (χ3n) is 2.86. The molecule has 0 atom stereocenters. The summed E-state index contributed by atoms with van der Waals surface area (Å²) in [5, 5.41) is 13.1. The number of carbonyl (C=O) groups is 1. The average molecular weight is 292 g/mol. The van der Waals surface area contributed by atoms with Crippen LogP contribution in [0, 0.1) is 28.7 Å². The molecule has 2 aromatic carbocycles. The first-order chi connectivity index (χ1) is 9.90. The van der Waals surface area contributed by atoms with E-state index in [9.17, 15) is 23.7 Å². The van der Waals surface area contributed by atoms with Crippen molar-refractivity contribution in [1.29, 1.82) is 0 Å². The SMILES string of the molecule is Cc1ccc(NC(=O)c2cccc(F)c2F)cc1[N+](=O)[O-]. The van der Waals surface area contributed by atoms with Crippen molar-refractivity contribution in [3.63, 3.8) is 0 Å². The Balaban J connectivity index is 2.30. The summed E-state index contributed by atoms with van der Waals surface area (Å²) in [4.78, 5) is 22.1. The number of rotatable bonds is 3. The summed E-state index contributed by atoms with van der Waals surface area (Å²) in [6.07, 6.45) is 0. The molecule has 1 amide bonds. The lowest BCUT2D eigenvalue weighted by Crippen LogP contribution is -2.14. The van der Waals surface area contributed by atoms with Gasteiger partial charge in [-0.1, -0.05) is 12.1 Å². The third kappa shape index (κ3) is 3.02. The molecule has 0 aliphatic carbocycles. The van der Waals surface area contributed by atoms with Crippen LogP contribution < -0.4 is 5.32 Å². The molecule has 2 rings (SSSR count). The maximum atomic E-state index is 13.5. The van der Waals surface area contributed by atoms with Gasteiger partial charge in [-0.2, -0.15) is 0 Å². The fourth-order valence-electron chi connectivity index (χ4n) is 1.76. The van der Waals surface area contributed by atoms with E-state index in [-0.39, 0.29) is 11.4 Å². The molecule has 0 saturated carbocycles. The summed E-state index contributed by atoms with van der Waals surface area (Å²) in [5.74, 6) is -3.29. The van der Waals surface area contributed by atoms with Crippen molar-refractivity contribution in [2.75, 3.05) is 5.32 Å². The van der Waals surface area contributed by atoms with Crippen LogP contribution in [0.15, 0.2) is 36.4 Å². The van der Waals surface area contributed by atoms with Gasteiger partial charge >= 0.3 is 0 Å². The van der Waals surface area contributed by atoms with Gasteiger partial charge in [0, 0.05) is 17.3 Å². The van der Waals surface area contributed by atoms with Gasteiger partial charge < -0.3 is 5.32 Å². The molecule has 0 aromatic heterocycles. The summed E-state index contributed by atoms with van der Waals surface area (Å²) in [6, 6.07) is 7.27. The van der Waals surface area contributed by atoms with E-state index in [4.69, 9.17) is 0 Å². The van der Waals surface area contributed by atoms with Crippen molar-refractivity contribution in [2.45, 2.75) is 6.92 Å². The topological polar surface area (TPSA) is 72.2 Å². The van der Waals surface area contributed by atoms with E-state index in [0.29, 0.717) is 5.56 Å². The molecule has 0 bridgehead atoms. The second-order valence-corrected chi connectivity index (χ2v) is 4.31. The van der Waals surface area contributed by atoms with Gasteiger partial charge in [0.2, 0.25) is 0 Å². The second-order valence-electron chi connectivity index (χ2n) is 4.31. The van der Waals surface area contributed by atoms with Crippen molar-refractivity contribution in [1.82, 2.24) is 0 Å². The van der Waals surface area contributed by atoms with Gasteiger partial charge in [0.15, 0.2) is 11.6 Å². The Bertz CT molecular complexity index is 732. The normalized spacial score (nSPS) is 10.2. The number of nitrogens with zero attached hydrogens (tertiary/aromatic N) is 1. The van der Waals surface area contributed by atoms with E-state index < -0.39 is 28.0 Å². The quantitative estimate of drug-likeness (QED) is 0.695. The maximum Gasteiger partial charge on any atom is 0.274 e. The lowest BCUT2D eigenvalue weighted by molar-refractivity contribution is -0.385. The van der Waals surface area contributed by atoms with E-state index >= 15 is 0 Å². The van der Waals surface area contributed by atoms with Crippen LogP contribution in [0.1, 0.15) is 15.9 Å². The van der Waals surface area contributed by atoms with Gasteiger partial charge in [0.25, 0.3) is 11.6 Å². The number of hydrogen-bond acceptors (Lipinski definition) is 3. The average Bonchev–Trinajstić information content (AvgIpc) is 2.43. The lowest BCUT2D eigenvalue weighted by atomic mass is 10.1. The van der Waals surface area contributed by atoms with Crippen LogP contribution in [0.25, 0.3) is 0 Å².